The quantitative estimate of drug-likeness (QED) is 0.615. The van der Waals surface area contributed by atoms with E-state index < -0.39 is 9.84 Å². The molecule has 2 rings (SSSR count). The van der Waals surface area contributed by atoms with Crippen LogP contribution in [0.5, 0.6) is 5.75 Å². The van der Waals surface area contributed by atoms with Crippen molar-refractivity contribution in [3.05, 3.63) is 17.7 Å². The van der Waals surface area contributed by atoms with Gasteiger partial charge in [-0.3, -0.25) is 0 Å². The van der Waals surface area contributed by atoms with Crippen LogP contribution in [0, 0.1) is 0 Å². The molecule has 6 nitrogen and oxygen atoms in total. The molecular weight excluding hydrogens is 403 g/mol. The summed E-state index contributed by atoms with van der Waals surface area (Å²) in [5, 5.41) is 2.95. The summed E-state index contributed by atoms with van der Waals surface area (Å²) < 4.78 is 30.5. The first kappa shape index (κ1) is 20.3. The third-order valence-corrected chi connectivity index (χ3v) is 7.92. The van der Waals surface area contributed by atoms with Gasteiger partial charge in [-0.15, -0.1) is 0 Å². The van der Waals surface area contributed by atoms with Crippen LogP contribution in [0.2, 0.25) is 0 Å². The molecule has 0 bridgehead atoms. The summed E-state index contributed by atoms with van der Waals surface area (Å²) in [6, 6.07) is 3.44. The molecule has 1 heterocycles. The van der Waals surface area contributed by atoms with Crippen molar-refractivity contribution < 1.29 is 17.9 Å². The summed E-state index contributed by atoms with van der Waals surface area (Å²) in [4.78, 5) is 15.2. The summed E-state index contributed by atoms with van der Waals surface area (Å²) in [6.45, 7) is 6.31. The molecule has 1 aliphatic heterocycles. The first-order valence-electron chi connectivity index (χ1n) is 8.56. The predicted molar refractivity (Wildman–Crippen MR) is 102 cm³/mol. The van der Waals surface area contributed by atoms with Gasteiger partial charge in [0.15, 0.2) is 0 Å². The number of amides is 1. The van der Waals surface area contributed by atoms with Gasteiger partial charge in [-0.25, -0.2) is 0 Å². The Kier molecular flexibility index (Phi) is 6.94. The van der Waals surface area contributed by atoms with Crippen LogP contribution in [0.3, 0.4) is 0 Å². The monoisotopic (exact) mass is 430 g/mol. The molecule has 1 aromatic carbocycles. The zero-order chi connectivity index (χ0) is 18.6. The Balaban J connectivity index is 2.24. The molecular formula is C17H27AsN2O4S. The van der Waals surface area contributed by atoms with E-state index in [2.05, 4.69) is 17.1 Å². The first-order chi connectivity index (χ1) is 11.8. The SMILES string of the molecule is CCN1CCCC1CNC(=O)c1cc(S(=O)(=O)CC)c([AsH2])cc1OC. The molecule has 1 aliphatic rings. The van der Waals surface area contributed by atoms with Gasteiger partial charge in [-0.1, -0.05) is 0 Å². The second-order valence-corrected chi connectivity index (χ2v) is 9.68. The van der Waals surface area contributed by atoms with Crippen LogP contribution in [0.1, 0.15) is 37.0 Å². The standard InChI is InChI=1S/C17H27AsN2O4S/c1-4-20-8-6-7-12(20)11-19-17(21)13-9-16(25(22,23)5-2)14(18)10-15(13)24-3/h9-10,12H,4-8,11,18H2,1-3H3,(H,19,21). The van der Waals surface area contributed by atoms with Gasteiger partial charge in [0.2, 0.25) is 0 Å². The van der Waals surface area contributed by atoms with E-state index in [0.29, 0.717) is 22.7 Å². The summed E-state index contributed by atoms with van der Waals surface area (Å²) >= 11 is 1.20. The maximum atomic E-state index is 12.7. The van der Waals surface area contributed by atoms with E-state index in [0.717, 1.165) is 25.9 Å². The number of carbonyl (C=O) groups excluding carboxylic acids is 1. The summed E-state index contributed by atoms with van der Waals surface area (Å²) in [5.74, 6) is 0.121. The van der Waals surface area contributed by atoms with E-state index in [-0.39, 0.29) is 22.1 Å². The van der Waals surface area contributed by atoms with Gasteiger partial charge >= 0.3 is 159 Å². The molecule has 2 atom stereocenters. The molecule has 1 aromatic rings. The molecule has 1 amide bonds. The van der Waals surface area contributed by atoms with E-state index in [1.807, 2.05) is 0 Å². The van der Waals surface area contributed by atoms with Crippen molar-refractivity contribution in [2.45, 2.75) is 37.6 Å². The van der Waals surface area contributed by atoms with E-state index in [1.54, 1.807) is 13.0 Å². The second-order valence-electron chi connectivity index (χ2n) is 6.13. The number of rotatable bonds is 7. The Bertz CT molecular complexity index is 736. The number of carbonyl (C=O) groups is 1. The molecule has 140 valence electrons. The second kappa shape index (κ2) is 8.56. The fourth-order valence-electron chi connectivity index (χ4n) is 3.20. The Morgan fingerprint density at radius 2 is 2.12 bits per heavy atom. The average Bonchev–Trinajstić information content (AvgIpc) is 3.06. The van der Waals surface area contributed by atoms with Gasteiger partial charge < -0.3 is 0 Å². The van der Waals surface area contributed by atoms with E-state index in [9.17, 15) is 13.2 Å². The zero-order valence-electron chi connectivity index (χ0n) is 15.0. The zero-order valence-corrected chi connectivity index (χ0v) is 18.3. The average molecular weight is 430 g/mol. The Hall–Kier alpha value is -1.04. The normalized spacial score (nSPS) is 18.3. The molecule has 25 heavy (non-hydrogen) atoms. The van der Waals surface area contributed by atoms with Crippen LogP contribution in [0.4, 0.5) is 0 Å². The van der Waals surface area contributed by atoms with Gasteiger partial charge in [0, 0.05) is 0 Å². The van der Waals surface area contributed by atoms with Crippen LogP contribution < -0.4 is 14.4 Å². The van der Waals surface area contributed by atoms with Gasteiger partial charge in [0.1, 0.15) is 0 Å². The van der Waals surface area contributed by atoms with Gasteiger partial charge in [0.25, 0.3) is 0 Å². The molecule has 1 saturated heterocycles. The van der Waals surface area contributed by atoms with E-state index in [4.69, 9.17) is 4.74 Å². The maximum absolute atomic E-state index is 12.7. The molecule has 0 saturated carbocycles. The van der Waals surface area contributed by atoms with Crippen molar-refractivity contribution in [2.75, 3.05) is 32.5 Å². The minimum absolute atomic E-state index is 0.00480. The number of nitrogens with zero attached hydrogens (tertiary/aromatic N) is 1. The van der Waals surface area contributed by atoms with Gasteiger partial charge in [-0.05, 0) is 0 Å². The fourth-order valence-corrected chi connectivity index (χ4v) is 5.84. The number of nitrogens with one attached hydrogen (secondary N) is 1. The van der Waals surface area contributed by atoms with Crippen molar-refractivity contribution in [2.24, 2.45) is 0 Å². The van der Waals surface area contributed by atoms with E-state index >= 15 is 0 Å². The molecule has 0 radical (unpaired) electrons. The van der Waals surface area contributed by atoms with Gasteiger partial charge in [-0.2, -0.15) is 0 Å². The molecule has 2 unspecified atom stereocenters. The summed E-state index contributed by atoms with van der Waals surface area (Å²) in [6.07, 6.45) is 2.21. The van der Waals surface area contributed by atoms with Crippen molar-refractivity contribution in [3.63, 3.8) is 0 Å². The number of hydrogen-bond acceptors (Lipinski definition) is 5. The number of ether oxygens (including phenoxy) is 1. The van der Waals surface area contributed by atoms with Crippen LogP contribution in [0.25, 0.3) is 0 Å². The number of methoxy groups -OCH3 is 1. The number of benzene rings is 1. The van der Waals surface area contributed by atoms with Crippen molar-refractivity contribution in [3.8, 4) is 5.75 Å². The summed E-state index contributed by atoms with van der Waals surface area (Å²) in [7, 11) is -1.89. The summed E-state index contributed by atoms with van der Waals surface area (Å²) in [5.41, 5.74) is 0.275. The Morgan fingerprint density at radius 1 is 1.40 bits per heavy atom. The molecule has 0 aliphatic carbocycles. The topological polar surface area (TPSA) is 75.7 Å². The van der Waals surface area contributed by atoms with Crippen LogP contribution in [0.15, 0.2) is 17.0 Å². The third-order valence-electron chi connectivity index (χ3n) is 4.70. The third kappa shape index (κ3) is 4.57. The molecule has 8 heteroatoms. The first-order valence-corrected chi connectivity index (χ1v) is 11.4. The molecule has 1 fully saturated rings. The van der Waals surface area contributed by atoms with Crippen LogP contribution in [-0.2, 0) is 9.84 Å². The number of hydrogen-bond donors (Lipinski definition) is 1. The number of likely N-dealkylation sites (tertiary alicyclic amines) is 1. The van der Waals surface area contributed by atoms with Gasteiger partial charge in [0.05, 0.1) is 0 Å². The molecule has 0 aromatic heterocycles. The van der Waals surface area contributed by atoms with Crippen molar-refractivity contribution >= 4 is 36.9 Å². The Morgan fingerprint density at radius 3 is 2.72 bits per heavy atom. The number of likely N-dealkylation sites (N-methyl/N-ethyl adjacent to an activating group) is 1. The fraction of sp³-hybridized carbons (Fsp3) is 0.588. The van der Waals surface area contributed by atoms with Crippen LogP contribution in [-0.4, -0.2) is 74.6 Å². The minimum atomic E-state index is -3.38. The number of sulfone groups is 1. The Labute approximate surface area is 158 Å². The molecule has 1 N–H and O–H groups in total. The van der Waals surface area contributed by atoms with Crippen LogP contribution >= 0.6 is 0 Å². The predicted octanol–water partition coefficient (Wildman–Crippen LogP) is -0.0387. The van der Waals surface area contributed by atoms with Crippen molar-refractivity contribution in [1.29, 1.82) is 0 Å². The van der Waals surface area contributed by atoms with Crippen molar-refractivity contribution in [1.82, 2.24) is 10.2 Å². The van der Waals surface area contributed by atoms with E-state index in [1.165, 1.54) is 30.0 Å². The molecule has 0 spiro atoms.